The van der Waals surface area contributed by atoms with Crippen LogP contribution >= 0.6 is 0 Å². The van der Waals surface area contributed by atoms with E-state index in [0.717, 1.165) is 22.3 Å². The number of aromatic nitrogens is 3. The SMILES string of the molecule is Cc1cc(-c2ncc(NC(=O)N3CCOCC3)cc2-c2ccc3nccn3c2)ccc1F. The number of fused-ring (bicyclic) bond motifs is 1. The first kappa shape index (κ1) is 20.1. The van der Waals surface area contributed by atoms with Gasteiger partial charge in [0.2, 0.25) is 0 Å². The maximum atomic E-state index is 13.9. The highest BCUT2D eigenvalue weighted by molar-refractivity contribution is 5.91. The van der Waals surface area contributed by atoms with Crippen LogP contribution in [0.1, 0.15) is 5.56 Å². The number of hydrogen-bond donors (Lipinski definition) is 1. The zero-order chi connectivity index (χ0) is 22.1. The summed E-state index contributed by atoms with van der Waals surface area (Å²) >= 11 is 0. The molecule has 0 aliphatic carbocycles. The molecule has 32 heavy (non-hydrogen) atoms. The molecule has 1 saturated heterocycles. The van der Waals surface area contributed by atoms with E-state index in [-0.39, 0.29) is 11.8 Å². The number of anilines is 1. The molecule has 162 valence electrons. The predicted octanol–water partition coefficient (Wildman–Crippen LogP) is 4.37. The number of imidazole rings is 1. The summed E-state index contributed by atoms with van der Waals surface area (Å²) in [7, 11) is 0. The van der Waals surface area contributed by atoms with Crippen LogP contribution in [-0.4, -0.2) is 51.6 Å². The third-order valence-electron chi connectivity index (χ3n) is 5.57. The van der Waals surface area contributed by atoms with E-state index in [0.29, 0.717) is 43.2 Å². The van der Waals surface area contributed by atoms with Gasteiger partial charge in [-0.3, -0.25) is 4.98 Å². The highest BCUT2D eigenvalue weighted by Crippen LogP contribution is 2.33. The summed E-state index contributed by atoms with van der Waals surface area (Å²) in [5.41, 5.74) is 5.20. The van der Waals surface area contributed by atoms with E-state index < -0.39 is 0 Å². The van der Waals surface area contributed by atoms with Crippen molar-refractivity contribution in [1.29, 1.82) is 0 Å². The quantitative estimate of drug-likeness (QED) is 0.523. The fourth-order valence-corrected chi connectivity index (χ4v) is 3.82. The Morgan fingerprint density at radius 2 is 1.91 bits per heavy atom. The number of morpholine rings is 1. The molecule has 0 radical (unpaired) electrons. The monoisotopic (exact) mass is 431 g/mol. The van der Waals surface area contributed by atoms with Crippen LogP contribution in [0.4, 0.5) is 14.9 Å². The average molecular weight is 431 g/mol. The number of carbonyl (C=O) groups is 1. The number of ether oxygens (including phenoxy) is 1. The molecule has 3 aromatic heterocycles. The van der Waals surface area contributed by atoms with Gasteiger partial charge in [0.15, 0.2) is 0 Å². The first-order valence-corrected chi connectivity index (χ1v) is 10.4. The van der Waals surface area contributed by atoms with Crippen molar-refractivity contribution in [1.82, 2.24) is 19.3 Å². The van der Waals surface area contributed by atoms with Crippen LogP contribution in [0.25, 0.3) is 28.0 Å². The Labute approximate surface area is 184 Å². The summed E-state index contributed by atoms with van der Waals surface area (Å²) in [4.78, 5) is 23.3. The second-order valence-corrected chi connectivity index (χ2v) is 7.72. The number of urea groups is 1. The molecule has 1 N–H and O–H groups in total. The van der Waals surface area contributed by atoms with Gasteiger partial charge in [-0.05, 0) is 48.9 Å². The van der Waals surface area contributed by atoms with E-state index in [2.05, 4.69) is 15.3 Å². The van der Waals surface area contributed by atoms with Crippen molar-refractivity contribution in [3.05, 3.63) is 72.6 Å². The van der Waals surface area contributed by atoms with Crippen molar-refractivity contribution in [3.63, 3.8) is 0 Å². The maximum Gasteiger partial charge on any atom is 0.322 e. The summed E-state index contributed by atoms with van der Waals surface area (Å²) in [6.45, 7) is 3.90. The molecule has 2 amide bonds. The summed E-state index contributed by atoms with van der Waals surface area (Å²) in [6, 6.07) is 10.6. The number of nitrogens with zero attached hydrogens (tertiary/aromatic N) is 4. The zero-order valence-corrected chi connectivity index (χ0v) is 17.6. The van der Waals surface area contributed by atoms with E-state index in [9.17, 15) is 9.18 Å². The molecule has 8 heteroatoms. The lowest BCUT2D eigenvalue weighted by Gasteiger charge is -2.27. The van der Waals surface area contributed by atoms with E-state index in [4.69, 9.17) is 4.74 Å². The first-order chi connectivity index (χ1) is 15.6. The van der Waals surface area contributed by atoms with E-state index in [1.807, 2.05) is 35.0 Å². The Morgan fingerprint density at radius 1 is 1.09 bits per heavy atom. The molecule has 1 aliphatic rings. The normalized spacial score (nSPS) is 14.0. The molecule has 4 heterocycles. The largest absolute Gasteiger partial charge is 0.378 e. The lowest BCUT2D eigenvalue weighted by atomic mass is 9.99. The predicted molar refractivity (Wildman–Crippen MR) is 120 cm³/mol. The van der Waals surface area contributed by atoms with Crippen LogP contribution < -0.4 is 5.32 Å². The number of hydrogen-bond acceptors (Lipinski definition) is 4. The van der Waals surface area contributed by atoms with Gasteiger partial charge < -0.3 is 19.4 Å². The summed E-state index contributed by atoms with van der Waals surface area (Å²) in [6.07, 6.45) is 7.21. The highest BCUT2D eigenvalue weighted by Gasteiger charge is 2.18. The Bertz CT molecular complexity index is 1300. The van der Waals surface area contributed by atoms with Gasteiger partial charge in [0.05, 0.1) is 30.8 Å². The zero-order valence-electron chi connectivity index (χ0n) is 17.6. The molecule has 1 fully saturated rings. The van der Waals surface area contributed by atoms with E-state index in [1.54, 1.807) is 36.4 Å². The van der Waals surface area contributed by atoms with Crippen molar-refractivity contribution < 1.29 is 13.9 Å². The van der Waals surface area contributed by atoms with Crippen LogP contribution in [0.3, 0.4) is 0 Å². The molecule has 4 aromatic rings. The standard InChI is InChI=1S/C24H22FN5O2/c1-16-12-17(2-4-21(16)25)23-20(18-3-5-22-26-6-7-30(22)15-18)13-19(14-27-23)28-24(31)29-8-10-32-11-9-29/h2-7,12-15H,8-11H2,1H3,(H,28,31). The molecule has 0 saturated carbocycles. The third kappa shape index (κ3) is 3.92. The van der Waals surface area contributed by atoms with Gasteiger partial charge in [0, 0.05) is 48.4 Å². The third-order valence-corrected chi connectivity index (χ3v) is 5.57. The van der Waals surface area contributed by atoms with Gasteiger partial charge in [-0.15, -0.1) is 0 Å². The van der Waals surface area contributed by atoms with Gasteiger partial charge in [0.25, 0.3) is 0 Å². The number of halogens is 1. The molecule has 1 aliphatic heterocycles. The van der Waals surface area contributed by atoms with Crippen LogP contribution in [0, 0.1) is 12.7 Å². The van der Waals surface area contributed by atoms with Crippen LogP contribution in [0.2, 0.25) is 0 Å². The van der Waals surface area contributed by atoms with Gasteiger partial charge in [0.1, 0.15) is 11.5 Å². The van der Waals surface area contributed by atoms with Crippen molar-refractivity contribution in [2.24, 2.45) is 0 Å². The fraction of sp³-hybridized carbons (Fsp3) is 0.208. The lowest BCUT2D eigenvalue weighted by Crippen LogP contribution is -2.43. The minimum atomic E-state index is -0.260. The van der Waals surface area contributed by atoms with Crippen molar-refractivity contribution >= 4 is 17.4 Å². The van der Waals surface area contributed by atoms with Crippen LogP contribution in [0.5, 0.6) is 0 Å². The number of pyridine rings is 2. The molecular weight excluding hydrogens is 409 g/mol. The Hall–Kier alpha value is -3.78. The van der Waals surface area contributed by atoms with Gasteiger partial charge >= 0.3 is 6.03 Å². The van der Waals surface area contributed by atoms with Crippen LogP contribution in [-0.2, 0) is 4.74 Å². The van der Waals surface area contributed by atoms with Crippen LogP contribution in [0.15, 0.2) is 61.2 Å². The molecule has 5 rings (SSSR count). The number of carbonyl (C=O) groups excluding carboxylic acids is 1. The Morgan fingerprint density at radius 3 is 2.72 bits per heavy atom. The number of amides is 2. The molecule has 1 aromatic carbocycles. The highest BCUT2D eigenvalue weighted by atomic mass is 19.1. The minimum absolute atomic E-state index is 0.184. The lowest BCUT2D eigenvalue weighted by molar-refractivity contribution is 0.0564. The first-order valence-electron chi connectivity index (χ1n) is 10.4. The molecule has 0 unspecified atom stereocenters. The molecular formula is C24H22FN5O2. The van der Waals surface area contributed by atoms with Gasteiger partial charge in [-0.2, -0.15) is 0 Å². The molecule has 0 spiro atoms. The summed E-state index contributed by atoms with van der Waals surface area (Å²) < 4.78 is 21.1. The van der Waals surface area contributed by atoms with E-state index >= 15 is 0 Å². The van der Waals surface area contributed by atoms with Crippen molar-refractivity contribution in [3.8, 4) is 22.4 Å². The topological polar surface area (TPSA) is 71.8 Å². The van der Waals surface area contributed by atoms with Gasteiger partial charge in [-0.25, -0.2) is 14.2 Å². The minimum Gasteiger partial charge on any atom is -0.378 e. The average Bonchev–Trinajstić information content (AvgIpc) is 3.29. The van der Waals surface area contributed by atoms with Gasteiger partial charge in [-0.1, -0.05) is 0 Å². The second-order valence-electron chi connectivity index (χ2n) is 7.72. The smallest absolute Gasteiger partial charge is 0.322 e. The maximum absolute atomic E-state index is 13.9. The van der Waals surface area contributed by atoms with Crippen molar-refractivity contribution in [2.45, 2.75) is 6.92 Å². The number of rotatable bonds is 3. The number of aryl methyl sites for hydroxylation is 1. The molecule has 7 nitrogen and oxygen atoms in total. The number of nitrogens with one attached hydrogen (secondary N) is 1. The summed E-state index contributed by atoms with van der Waals surface area (Å²) in [5, 5.41) is 2.94. The second kappa shape index (κ2) is 8.39. The van der Waals surface area contributed by atoms with Crippen molar-refractivity contribution in [2.75, 3.05) is 31.6 Å². The number of benzene rings is 1. The molecule has 0 atom stereocenters. The van der Waals surface area contributed by atoms with E-state index in [1.165, 1.54) is 6.07 Å². The fourth-order valence-electron chi connectivity index (χ4n) is 3.82. The Kier molecular flexibility index (Phi) is 5.28. The Balaban J connectivity index is 1.56. The molecule has 0 bridgehead atoms. The summed E-state index contributed by atoms with van der Waals surface area (Å²) in [5.74, 6) is -0.260.